The summed E-state index contributed by atoms with van der Waals surface area (Å²) in [6, 6.07) is 4.27. The summed E-state index contributed by atoms with van der Waals surface area (Å²) in [6.45, 7) is 3.89. The average Bonchev–Trinajstić information content (AvgIpc) is 2.81. The van der Waals surface area contributed by atoms with Gasteiger partial charge in [0.25, 0.3) is 0 Å². The molecule has 1 aromatic rings. The Kier molecular flexibility index (Phi) is 3.22. The monoisotopic (exact) mass is 248 g/mol. The minimum atomic E-state index is 0.103. The zero-order chi connectivity index (χ0) is 12.5. The molecule has 2 aliphatic heterocycles. The summed E-state index contributed by atoms with van der Waals surface area (Å²) >= 11 is 0. The van der Waals surface area contributed by atoms with Gasteiger partial charge >= 0.3 is 0 Å². The van der Waals surface area contributed by atoms with Crippen LogP contribution >= 0.6 is 0 Å². The van der Waals surface area contributed by atoms with Crippen molar-refractivity contribution in [1.82, 2.24) is 9.47 Å². The van der Waals surface area contributed by atoms with Crippen molar-refractivity contribution in [1.29, 1.82) is 0 Å². The molecule has 0 radical (unpaired) electrons. The molecule has 0 saturated carbocycles. The molecule has 1 aromatic heterocycles. The van der Waals surface area contributed by atoms with Crippen LogP contribution in [0.5, 0.6) is 0 Å². The maximum absolute atomic E-state index is 11.7. The lowest BCUT2D eigenvalue weighted by Crippen LogP contribution is -2.37. The fraction of sp³-hybridized carbons (Fsp3) is 0.643. The fourth-order valence-corrected chi connectivity index (χ4v) is 3.08. The number of fused-ring (bicyclic) bond motifs is 1. The summed E-state index contributed by atoms with van der Waals surface area (Å²) in [4.78, 5) is 14.2. The van der Waals surface area contributed by atoms with Crippen LogP contribution in [0.15, 0.2) is 16.9 Å². The normalized spacial score (nSPS) is 24.8. The van der Waals surface area contributed by atoms with Crippen LogP contribution in [0, 0.1) is 0 Å². The molecule has 0 amide bonds. The Morgan fingerprint density at radius 3 is 2.89 bits per heavy atom. The van der Waals surface area contributed by atoms with Gasteiger partial charge in [-0.2, -0.15) is 0 Å². The standard InChI is InChI=1S/C14H20N2O2/c1-15-13-5-8-16(12-6-9-18-10-12)7-4-11(13)2-3-14(15)17/h2-3,12H,4-10H2,1H3. The van der Waals surface area contributed by atoms with Gasteiger partial charge in [0.2, 0.25) is 5.56 Å². The Bertz CT molecular complexity index is 489. The van der Waals surface area contributed by atoms with E-state index in [0.717, 1.165) is 45.6 Å². The largest absolute Gasteiger partial charge is 0.380 e. The Morgan fingerprint density at radius 2 is 2.11 bits per heavy atom. The lowest BCUT2D eigenvalue weighted by Gasteiger charge is -2.25. The quantitative estimate of drug-likeness (QED) is 0.729. The van der Waals surface area contributed by atoms with Crippen molar-refractivity contribution in [2.75, 3.05) is 26.3 Å². The maximum Gasteiger partial charge on any atom is 0.250 e. The molecule has 3 rings (SSSR count). The first-order chi connectivity index (χ1) is 8.75. The van der Waals surface area contributed by atoms with Crippen LogP contribution in [0.3, 0.4) is 0 Å². The second-order valence-corrected chi connectivity index (χ2v) is 5.26. The van der Waals surface area contributed by atoms with Crippen LogP contribution in [0.4, 0.5) is 0 Å². The van der Waals surface area contributed by atoms with Crippen LogP contribution < -0.4 is 5.56 Å². The highest BCUT2D eigenvalue weighted by Gasteiger charge is 2.25. The molecule has 1 saturated heterocycles. The van der Waals surface area contributed by atoms with Gasteiger partial charge in [0.15, 0.2) is 0 Å². The van der Waals surface area contributed by atoms with Gasteiger partial charge in [-0.05, 0) is 18.4 Å². The third-order valence-corrected chi connectivity index (χ3v) is 4.26. The lowest BCUT2D eigenvalue weighted by molar-refractivity contribution is 0.147. The van der Waals surface area contributed by atoms with Crippen molar-refractivity contribution in [2.24, 2.45) is 7.05 Å². The van der Waals surface area contributed by atoms with Crippen molar-refractivity contribution < 1.29 is 4.74 Å². The van der Waals surface area contributed by atoms with E-state index in [9.17, 15) is 4.79 Å². The SMILES string of the molecule is Cn1c2c(ccc1=O)CCN(C1CCOC1)CC2. The van der Waals surface area contributed by atoms with Gasteiger partial charge in [-0.1, -0.05) is 6.07 Å². The molecule has 3 heterocycles. The second-order valence-electron chi connectivity index (χ2n) is 5.26. The topological polar surface area (TPSA) is 34.5 Å². The Labute approximate surface area is 107 Å². The first kappa shape index (κ1) is 11.9. The molecule has 18 heavy (non-hydrogen) atoms. The van der Waals surface area contributed by atoms with Crippen LogP contribution in [-0.4, -0.2) is 41.8 Å². The van der Waals surface area contributed by atoms with E-state index in [1.54, 1.807) is 6.07 Å². The van der Waals surface area contributed by atoms with Crippen molar-refractivity contribution in [3.8, 4) is 0 Å². The molecule has 1 fully saturated rings. The minimum absolute atomic E-state index is 0.103. The van der Waals surface area contributed by atoms with Gasteiger partial charge in [0.1, 0.15) is 0 Å². The van der Waals surface area contributed by atoms with E-state index < -0.39 is 0 Å². The Balaban J connectivity index is 1.81. The molecule has 0 aliphatic carbocycles. The van der Waals surface area contributed by atoms with E-state index in [1.165, 1.54) is 11.3 Å². The van der Waals surface area contributed by atoms with Crippen molar-refractivity contribution in [3.63, 3.8) is 0 Å². The highest BCUT2D eigenvalue weighted by molar-refractivity contribution is 5.23. The molecule has 2 aliphatic rings. The second kappa shape index (κ2) is 4.86. The first-order valence-corrected chi connectivity index (χ1v) is 6.75. The number of hydrogen-bond donors (Lipinski definition) is 0. The Morgan fingerprint density at radius 1 is 1.28 bits per heavy atom. The summed E-state index contributed by atoms with van der Waals surface area (Å²) < 4.78 is 7.28. The zero-order valence-electron chi connectivity index (χ0n) is 10.9. The van der Waals surface area contributed by atoms with E-state index in [-0.39, 0.29) is 5.56 Å². The molecule has 0 N–H and O–H groups in total. The first-order valence-electron chi connectivity index (χ1n) is 6.75. The van der Waals surface area contributed by atoms with Gasteiger partial charge < -0.3 is 9.30 Å². The smallest absolute Gasteiger partial charge is 0.250 e. The number of aromatic nitrogens is 1. The summed E-state index contributed by atoms with van der Waals surface area (Å²) in [7, 11) is 1.88. The van der Waals surface area contributed by atoms with Gasteiger partial charge in [-0.15, -0.1) is 0 Å². The molecule has 0 aromatic carbocycles. The van der Waals surface area contributed by atoms with E-state index in [1.807, 2.05) is 17.7 Å². The third-order valence-electron chi connectivity index (χ3n) is 4.26. The summed E-state index contributed by atoms with van der Waals surface area (Å²) in [5.41, 5.74) is 2.65. The predicted octanol–water partition coefficient (Wildman–Crippen LogP) is 0.575. The van der Waals surface area contributed by atoms with E-state index in [2.05, 4.69) is 4.90 Å². The van der Waals surface area contributed by atoms with E-state index >= 15 is 0 Å². The molecular weight excluding hydrogens is 228 g/mol. The number of pyridine rings is 1. The maximum atomic E-state index is 11.7. The molecule has 98 valence electrons. The lowest BCUT2D eigenvalue weighted by atomic mass is 10.1. The highest BCUT2D eigenvalue weighted by Crippen LogP contribution is 2.19. The van der Waals surface area contributed by atoms with Gasteiger partial charge in [-0.3, -0.25) is 9.69 Å². The van der Waals surface area contributed by atoms with E-state index in [4.69, 9.17) is 4.74 Å². The highest BCUT2D eigenvalue weighted by atomic mass is 16.5. The zero-order valence-corrected chi connectivity index (χ0v) is 10.9. The molecule has 4 nitrogen and oxygen atoms in total. The van der Waals surface area contributed by atoms with Crippen LogP contribution in [0.2, 0.25) is 0 Å². The van der Waals surface area contributed by atoms with Gasteiger partial charge in [0.05, 0.1) is 6.61 Å². The average molecular weight is 248 g/mol. The van der Waals surface area contributed by atoms with Gasteiger partial charge in [-0.25, -0.2) is 0 Å². The van der Waals surface area contributed by atoms with Crippen molar-refractivity contribution in [2.45, 2.75) is 25.3 Å². The Hall–Kier alpha value is -1.13. The number of hydrogen-bond acceptors (Lipinski definition) is 3. The number of ether oxygens (including phenoxy) is 1. The summed E-state index contributed by atoms with van der Waals surface area (Å²) in [6.07, 6.45) is 3.16. The van der Waals surface area contributed by atoms with Crippen molar-refractivity contribution in [3.05, 3.63) is 33.7 Å². The fourth-order valence-electron chi connectivity index (χ4n) is 3.08. The minimum Gasteiger partial charge on any atom is -0.380 e. The molecule has 0 bridgehead atoms. The third kappa shape index (κ3) is 2.10. The van der Waals surface area contributed by atoms with Crippen LogP contribution in [-0.2, 0) is 24.6 Å². The predicted molar refractivity (Wildman–Crippen MR) is 69.9 cm³/mol. The van der Waals surface area contributed by atoms with Crippen LogP contribution in [0.25, 0.3) is 0 Å². The summed E-state index contributed by atoms with van der Waals surface area (Å²) in [5, 5.41) is 0. The number of rotatable bonds is 1. The number of nitrogens with zero attached hydrogens (tertiary/aromatic N) is 2. The van der Waals surface area contributed by atoms with Crippen LogP contribution in [0.1, 0.15) is 17.7 Å². The van der Waals surface area contributed by atoms with Crippen molar-refractivity contribution >= 4 is 0 Å². The molecule has 1 unspecified atom stereocenters. The molecular formula is C14H20N2O2. The molecule has 4 heteroatoms. The molecule has 1 atom stereocenters. The molecule has 0 spiro atoms. The van der Waals surface area contributed by atoms with Gasteiger partial charge in [0, 0.05) is 51.0 Å². The summed E-state index contributed by atoms with van der Waals surface area (Å²) in [5.74, 6) is 0. The van der Waals surface area contributed by atoms with E-state index in [0.29, 0.717) is 6.04 Å².